The fourth-order valence-corrected chi connectivity index (χ4v) is 3.84. The number of nitrogens with zero attached hydrogens (tertiary/aromatic N) is 3. The lowest BCUT2D eigenvalue weighted by atomic mass is 10.1. The summed E-state index contributed by atoms with van der Waals surface area (Å²) in [6.07, 6.45) is 1.99. The van der Waals surface area contributed by atoms with E-state index in [9.17, 15) is 13.2 Å². The minimum atomic E-state index is -3.55. The predicted molar refractivity (Wildman–Crippen MR) is 111 cm³/mol. The number of carbonyl (C=O) groups is 1. The van der Waals surface area contributed by atoms with Gasteiger partial charge in [-0.2, -0.15) is 0 Å². The van der Waals surface area contributed by atoms with Gasteiger partial charge in [-0.05, 0) is 43.7 Å². The number of piperazine rings is 1. The summed E-state index contributed by atoms with van der Waals surface area (Å²) in [5.41, 5.74) is 1.58. The standard InChI is InChI=1S/C19H32N4O3S/c1-16(2)9-10-20-19(24)15-23(27(4,25)26)18-7-5-17(6-8-18)22-13-11-21(3)12-14-22/h5-8,16H,9-15H2,1-4H3,(H,20,24). The summed E-state index contributed by atoms with van der Waals surface area (Å²) in [4.78, 5) is 16.7. The maximum atomic E-state index is 12.2. The molecule has 0 spiro atoms. The minimum absolute atomic E-state index is 0.204. The molecule has 0 radical (unpaired) electrons. The van der Waals surface area contributed by atoms with E-state index in [4.69, 9.17) is 0 Å². The lowest BCUT2D eigenvalue weighted by molar-refractivity contribution is -0.119. The second-order valence-corrected chi connectivity index (χ2v) is 9.52. The van der Waals surface area contributed by atoms with Crippen LogP contribution < -0.4 is 14.5 Å². The molecule has 8 heteroatoms. The van der Waals surface area contributed by atoms with Gasteiger partial charge in [-0.3, -0.25) is 9.10 Å². The van der Waals surface area contributed by atoms with Crippen LogP contribution in [-0.2, 0) is 14.8 Å². The number of benzene rings is 1. The van der Waals surface area contributed by atoms with Crippen molar-refractivity contribution < 1.29 is 13.2 Å². The van der Waals surface area contributed by atoms with Crippen LogP contribution in [0, 0.1) is 5.92 Å². The molecule has 0 unspecified atom stereocenters. The van der Waals surface area contributed by atoms with Crippen LogP contribution in [0.3, 0.4) is 0 Å². The third-order valence-electron chi connectivity index (χ3n) is 4.74. The number of hydrogen-bond acceptors (Lipinski definition) is 5. The van der Waals surface area contributed by atoms with E-state index in [1.54, 1.807) is 12.1 Å². The highest BCUT2D eigenvalue weighted by Crippen LogP contribution is 2.23. The molecule has 152 valence electrons. The predicted octanol–water partition coefficient (Wildman–Crippen LogP) is 1.37. The van der Waals surface area contributed by atoms with Crippen molar-refractivity contribution >= 4 is 27.3 Å². The van der Waals surface area contributed by atoms with Crippen molar-refractivity contribution in [2.24, 2.45) is 5.92 Å². The van der Waals surface area contributed by atoms with Crippen molar-refractivity contribution in [2.75, 3.05) is 61.8 Å². The van der Waals surface area contributed by atoms with E-state index in [0.717, 1.165) is 48.8 Å². The van der Waals surface area contributed by atoms with Crippen LogP contribution in [-0.4, -0.2) is 71.8 Å². The number of carbonyl (C=O) groups excluding carboxylic acids is 1. The minimum Gasteiger partial charge on any atom is -0.369 e. The molecule has 1 fully saturated rings. The zero-order valence-electron chi connectivity index (χ0n) is 16.8. The number of amides is 1. The SMILES string of the molecule is CC(C)CCNC(=O)CN(c1ccc(N2CCN(C)CC2)cc1)S(C)(=O)=O. The monoisotopic (exact) mass is 396 g/mol. The fraction of sp³-hybridized carbons (Fsp3) is 0.632. The van der Waals surface area contributed by atoms with Crippen molar-refractivity contribution in [2.45, 2.75) is 20.3 Å². The van der Waals surface area contributed by atoms with Crippen LogP contribution >= 0.6 is 0 Å². The highest BCUT2D eigenvalue weighted by molar-refractivity contribution is 7.92. The molecule has 1 aromatic rings. The highest BCUT2D eigenvalue weighted by atomic mass is 32.2. The zero-order valence-corrected chi connectivity index (χ0v) is 17.6. The quantitative estimate of drug-likeness (QED) is 0.718. The first kappa shape index (κ1) is 21.5. The number of nitrogens with one attached hydrogen (secondary N) is 1. The van der Waals surface area contributed by atoms with Gasteiger partial charge < -0.3 is 15.1 Å². The smallest absolute Gasteiger partial charge is 0.240 e. The molecule has 2 rings (SSSR count). The third-order valence-corrected chi connectivity index (χ3v) is 5.88. The number of sulfonamides is 1. The van der Waals surface area contributed by atoms with Gasteiger partial charge in [-0.25, -0.2) is 8.42 Å². The molecule has 0 atom stereocenters. The van der Waals surface area contributed by atoms with E-state index < -0.39 is 10.0 Å². The summed E-state index contributed by atoms with van der Waals surface area (Å²) >= 11 is 0. The van der Waals surface area contributed by atoms with Crippen molar-refractivity contribution in [3.63, 3.8) is 0 Å². The maximum Gasteiger partial charge on any atom is 0.240 e. The Balaban J connectivity index is 2.05. The summed E-state index contributed by atoms with van der Waals surface area (Å²) in [6.45, 7) is 8.42. The lowest BCUT2D eigenvalue weighted by Crippen LogP contribution is -2.44. The van der Waals surface area contributed by atoms with Gasteiger partial charge in [-0.15, -0.1) is 0 Å². The molecule has 0 bridgehead atoms. The van der Waals surface area contributed by atoms with Crippen LogP contribution in [0.15, 0.2) is 24.3 Å². The Morgan fingerprint density at radius 3 is 2.26 bits per heavy atom. The first-order chi connectivity index (χ1) is 12.7. The Morgan fingerprint density at radius 2 is 1.74 bits per heavy atom. The molecule has 1 aliphatic rings. The summed E-state index contributed by atoms with van der Waals surface area (Å²) in [5, 5.41) is 2.80. The van der Waals surface area contributed by atoms with Gasteiger partial charge in [0, 0.05) is 38.4 Å². The first-order valence-electron chi connectivity index (χ1n) is 9.45. The zero-order chi connectivity index (χ0) is 20.0. The van der Waals surface area contributed by atoms with E-state index in [-0.39, 0.29) is 12.5 Å². The summed E-state index contributed by atoms with van der Waals surface area (Å²) < 4.78 is 25.6. The molecular weight excluding hydrogens is 364 g/mol. The number of likely N-dealkylation sites (N-methyl/N-ethyl adjacent to an activating group) is 1. The summed E-state index contributed by atoms with van der Waals surface area (Å²) in [7, 11) is -1.44. The lowest BCUT2D eigenvalue weighted by Gasteiger charge is -2.34. The molecule has 0 aromatic heterocycles. The van der Waals surface area contributed by atoms with Crippen LogP contribution in [0.25, 0.3) is 0 Å². The largest absolute Gasteiger partial charge is 0.369 e. The van der Waals surface area contributed by atoms with E-state index in [1.807, 2.05) is 12.1 Å². The summed E-state index contributed by atoms with van der Waals surface area (Å²) in [6, 6.07) is 7.40. The number of anilines is 2. The average Bonchev–Trinajstić information content (AvgIpc) is 2.59. The normalized spacial score (nSPS) is 15.8. The molecule has 1 heterocycles. The van der Waals surface area contributed by atoms with Crippen LogP contribution in [0.4, 0.5) is 11.4 Å². The van der Waals surface area contributed by atoms with E-state index in [2.05, 4.69) is 36.0 Å². The Morgan fingerprint density at radius 1 is 1.15 bits per heavy atom. The van der Waals surface area contributed by atoms with E-state index in [1.165, 1.54) is 0 Å². The topological polar surface area (TPSA) is 73.0 Å². The maximum absolute atomic E-state index is 12.2. The Labute approximate surface area is 163 Å². The molecule has 7 nitrogen and oxygen atoms in total. The number of rotatable bonds is 8. The van der Waals surface area contributed by atoms with Gasteiger partial charge in [0.1, 0.15) is 6.54 Å². The fourth-order valence-electron chi connectivity index (χ4n) is 2.98. The molecule has 1 saturated heterocycles. The first-order valence-corrected chi connectivity index (χ1v) is 11.3. The van der Waals surface area contributed by atoms with Gasteiger partial charge >= 0.3 is 0 Å². The third kappa shape index (κ3) is 6.70. The van der Waals surface area contributed by atoms with Crippen LogP contribution in [0.2, 0.25) is 0 Å². The Kier molecular flexibility index (Phi) is 7.49. The van der Waals surface area contributed by atoms with Crippen molar-refractivity contribution in [1.82, 2.24) is 10.2 Å². The van der Waals surface area contributed by atoms with Gasteiger partial charge in [0.05, 0.1) is 11.9 Å². The van der Waals surface area contributed by atoms with Gasteiger partial charge in [-0.1, -0.05) is 13.8 Å². The van der Waals surface area contributed by atoms with Crippen LogP contribution in [0.5, 0.6) is 0 Å². The molecule has 27 heavy (non-hydrogen) atoms. The number of hydrogen-bond donors (Lipinski definition) is 1. The van der Waals surface area contributed by atoms with Crippen molar-refractivity contribution in [3.05, 3.63) is 24.3 Å². The second-order valence-electron chi connectivity index (χ2n) is 7.61. The molecule has 0 saturated carbocycles. The Bertz CT molecular complexity index is 711. The summed E-state index contributed by atoms with van der Waals surface area (Å²) in [5.74, 6) is 0.197. The molecule has 0 aliphatic carbocycles. The molecular formula is C19H32N4O3S. The second kappa shape index (κ2) is 9.41. The highest BCUT2D eigenvalue weighted by Gasteiger charge is 2.21. The van der Waals surface area contributed by atoms with Crippen molar-refractivity contribution in [3.8, 4) is 0 Å². The molecule has 1 N–H and O–H groups in total. The Hall–Kier alpha value is -1.80. The molecule has 1 aliphatic heterocycles. The van der Waals surface area contributed by atoms with E-state index >= 15 is 0 Å². The van der Waals surface area contributed by atoms with Gasteiger partial charge in [0.2, 0.25) is 15.9 Å². The van der Waals surface area contributed by atoms with Crippen molar-refractivity contribution in [1.29, 1.82) is 0 Å². The average molecular weight is 397 g/mol. The molecule has 1 aromatic carbocycles. The molecule has 1 amide bonds. The van der Waals surface area contributed by atoms with E-state index in [0.29, 0.717) is 18.2 Å². The van der Waals surface area contributed by atoms with Gasteiger partial charge in [0.15, 0.2) is 0 Å². The van der Waals surface area contributed by atoms with Gasteiger partial charge in [0.25, 0.3) is 0 Å². The van der Waals surface area contributed by atoms with Crippen LogP contribution in [0.1, 0.15) is 20.3 Å².